The van der Waals surface area contributed by atoms with E-state index in [1.165, 1.54) is 6.33 Å². The van der Waals surface area contributed by atoms with E-state index in [0.717, 1.165) is 24.5 Å². The number of aromatic nitrogens is 2. The van der Waals surface area contributed by atoms with Crippen LogP contribution in [-0.2, 0) is 0 Å². The first kappa shape index (κ1) is 13.9. The van der Waals surface area contributed by atoms with Crippen molar-refractivity contribution < 1.29 is 4.74 Å². The van der Waals surface area contributed by atoms with Crippen LogP contribution in [0.25, 0.3) is 0 Å². The second kappa shape index (κ2) is 7.21. The van der Waals surface area contributed by atoms with Crippen LogP contribution in [0, 0.1) is 0 Å². The molecule has 0 amide bonds. The Labute approximate surface area is 107 Å². The van der Waals surface area contributed by atoms with Crippen LogP contribution in [0.3, 0.4) is 0 Å². The van der Waals surface area contributed by atoms with Gasteiger partial charge in [0.1, 0.15) is 12.0 Å². The number of nitrogen functional groups attached to an aromatic ring is 1. The molecule has 5 nitrogen and oxygen atoms in total. The van der Waals surface area contributed by atoms with E-state index in [-0.39, 0.29) is 0 Å². The molecular weight excluding hydrogens is 236 g/mol. The van der Waals surface area contributed by atoms with Crippen molar-refractivity contribution in [2.24, 2.45) is 0 Å². The Hall–Kier alpha value is -1.17. The lowest BCUT2D eigenvalue weighted by Crippen LogP contribution is -2.23. The van der Waals surface area contributed by atoms with Crippen LogP contribution < -0.4 is 15.4 Å². The van der Waals surface area contributed by atoms with Crippen LogP contribution in [0.2, 0.25) is 0 Å². The van der Waals surface area contributed by atoms with E-state index in [1.54, 1.807) is 11.8 Å². The lowest BCUT2D eigenvalue weighted by molar-refractivity contribution is 0.306. The van der Waals surface area contributed by atoms with E-state index in [1.807, 2.05) is 18.9 Å². The van der Waals surface area contributed by atoms with Gasteiger partial charge in [0, 0.05) is 19.3 Å². The zero-order valence-corrected chi connectivity index (χ0v) is 11.5. The number of ether oxygens (including phenoxy) is 1. The Kier molecular flexibility index (Phi) is 5.90. The minimum atomic E-state index is 0.479. The fraction of sp³-hybridized carbons (Fsp3) is 0.636. The average Bonchev–Trinajstić information content (AvgIpc) is 2.34. The summed E-state index contributed by atoms with van der Waals surface area (Å²) in [6.07, 6.45) is 4.50. The number of anilines is 2. The van der Waals surface area contributed by atoms with Crippen LogP contribution in [0.4, 0.5) is 11.5 Å². The van der Waals surface area contributed by atoms with Gasteiger partial charge in [0.15, 0.2) is 5.82 Å². The van der Waals surface area contributed by atoms with E-state index in [4.69, 9.17) is 10.5 Å². The minimum absolute atomic E-state index is 0.479. The highest BCUT2D eigenvalue weighted by molar-refractivity contribution is 7.98. The number of rotatable bonds is 7. The molecule has 0 saturated heterocycles. The summed E-state index contributed by atoms with van der Waals surface area (Å²) in [7, 11) is 1.97. The molecule has 0 aliphatic carbocycles. The Bertz CT molecular complexity index is 348. The van der Waals surface area contributed by atoms with E-state index < -0.39 is 0 Å². The fourth-order valence-electron chi connectivity index (χ4n) is 1.32. The highest BCUT2D eigenvalue weighted by Gasteiger charge is 2.12. The maximum absolute atomic E-state index is 6.00. The molecule has 0 spiro atoms. The van der Waals surface area contributed by atoms with Crippen molar-refractivity contribution in [1.82, 2.24) is 9.97 Å². The molecule has 0 bridgehead atoms. The quantitative estimate of drug-likeness (QED) is 0.800. The molecule has 0 aliphatic heterocycles. The van der Waals surface area contributed by atoms with Gasteiger partial charge in [-0.15, -0.1) is 0 Å². The van der Waals surface area contributed by atoms with Gasteiger partial charge in [-0.3, -0.25) is 0 Å². The molecule has 1 aromatic heterocycles. The largest absolute Gasteiger partial charge is 0.476 e. The summed E-state index contributed by atoms with van der Waals surface area (Å²) in [6, 6.07) is 0. The number of hydrogen-bond donors (Lipinski definition) is 1. The SMILES string of the molecule is CCCOc1ncnc(N(C)CCSC)c1N. The number of nitrogens with two attached hydrogens (primary N) is 1. The zero-order valence-electron chi connectivity index (χ0n) is 10.6. The average molecular weight is 256 g/mol. The predicted molar refractivity (Wildman–Crippen MR) is 73.9 cm³/mol. The Morgan fingerprint density at radius 1 is 1.47 bits per heavy atom. The van der Waals surface area contributed by atoms with Crippen LogP contribution >= 0.6 is 11.8 Å². The Balaban J connectivity index is 2.78. The normalized spacial score (nSPS) is 10.3. The molecule has 1 rings (SSSR count). The lowest BCUT2D eigenvalue weighted by Gasteiger charge is -2.20. The van der Waals surface area contributed by atoms with Crippen molar-refractivity contribution >= 4 is 23.3 Å². The predicted octanol–water partition coefficient (Wildman–Crippen LogP) is 1.65. The van der Waals surface area contributed by atoms with E-state index in [0.29, 0.717) is 18.2 Å². The van der Waals surface area contributed by atoms with Gasteiger partial charge in [-0.1, -0.05) is 6.92 Å². The third-order valence-electron chi connectivity index (χ3n) is 2.26. The van der Waals surface area contributed by atoms with Crippen molar-refractivity contribution in [3.05, 3.63) is 6.33 Å². The maximum Gasteiger partial charge on any atom is 0.242 e. The topological polar surface area (TPSA) is 64.3 Å². The monoisotopic (exact) mass is 256 g/mol. The highest BCUT2D eigenvalue weighted by Crippen LogP contribution is 2.27. The van der Waals surface area contributed by atoms with Crippen LogP contribution in [0.5, 0.6) is 5.88 Å². The summed E-state index contributed by atoms with van der Waals surface area (Å²) in [5, 5.41) is 0. The summed E-state index contributed by atoms with van der Waals surface area (Å²) in [5.74, 6) is 2.25. The number of thioether (sulfide) groups is 1. The van der Waals surface area contributed by atoms with Crippen LogP contribution in [0.15, 0.2) is 6.33 Å². The second-order valence-electron chi connectivity index (χ2n) is 3.68. The van der Waals surface area contributed by atoms with Gasteiger partial charge in [0.05, 0.1) is 6.61 Å². The molecule has 0 fully saturated rings. The summed E-state index contributed by atoms with van der Waals surface area (Å²) in [5.41, 5.74) is 6.52. The summed E-state index contributed by atoms with van der Waals surface area (Å²) < 4.78 is 5.47. The molecule has 6 heteroatoms. The maximum atomic E-state index is 6.00. The van der Waals surface area contributed by atoms with Gasteiger partial charge in [-0.25, -0.2) is 4.98 Å². The molecule has 1 aromatic rings. The van der Waals surface area contributed by atoms with Gasteiger partial charge in [0.25, 0.3) is 0 Å². The van der Waals surface area contributed by atoms with Crippen LogP contribution in [-0.4, -0.2) is 42.2 Å². The third-order valence-corrected chi connectivity index (χ3v) is 2.85. The molecule has 0 unspecified atom stereocenters. The standard InChI is InChI=1S/C11H20N4OS/c1-4-6-16-11-9(12)10(13-8-14-11)15(2)5-7-17-3/h8H,4-7,12H2,1-3H3. The zero-order chi connectivity index (χ0) is 12.7. The molecule has 0 saturated carbocycles. The lowest BCUT2D eigenvalue weighted by atomic mass is 10.4. The Morgan fingerprint density at radius 3 is 2.88 bits per heavy atom. The first-order chi connectivity index (χ1) is 8.20. The van der Waals surface area contributed by atoms with Crippen LogP contribution in [0.1, 0.15) is 13.3 Å². The molecule has 1 heterocycles. The fourth-order valence-corrected chi connectivity index (χ4v) is 1.78. The van der Waals surface area contributed by atoms with Gasteiger partial charge in [0.2, 0.25) is 5.88 Å². The van der Waals surface area contributed by atoms with Crippen molar-refractivity contribution in [3.63, 3.8) is 0 Å². The van der Waals surface area contributed by atoms with Gasteiger partial charge in [-0.05, 0) is 12.7 Å². The summed E-state index contributed by atoms with van der Waals surface area (Å²) in [4.78, 5) is 10.3. The van der Waals surface area contributed by atoms with Gasteiger partial charge >= 0.3 is 0 Å². The summed E-state index contributed by atoms with van der Waals surface area (Å²) in [6.45, 7) is 3.56. The first-order valence-electron chi connectivity index (χ1n) is 5.64. The van der Waals surface area contributed by atoms with Crippen molar-refractivity contribution in [3.8, 4) is 5.88 Å². The van der Waals surface area contributed by atoms with Crippen molar-refractivity contribution in [2.45, 2.75) is 13.3 Å². The highest BCUT2D eigenvalue weighted by atomic mass is 32.2. The van der Waals surface area contributed by atoms with Gasteiger partial charge in [-0.2, -0.15) is 16.7 Å². The molecule has 0 radical (unpaired) electrons. The molecule has 17 heavy (non-hydrogen) atoms. The summed E-state index contributed by atoms with van der Waals surface area (Å²) >= 11 is 1.79. The third kappa shape index (κ3) is 3.96. The van der Waals surface area contributed by atoms with E-state index >= 15 is 0 Å². The molecular formula is C11H20N4OS. The molecule has 0 aromatic carbocycles. The molecule has 0 aliphatic rings. The number of hydrogen-bond acceptors (Lipinski definition) is 6. The van der Waals surface area contributed by atoms with Crippen molar-refractivity contribution in [1.29, 1.82) is 0 Å². The molecule has 2 N–H and O–H groups in total. The Morgan fingerprint density at radius 2 is 2.24 bits per heavy atom. The van der Waals surface area contributed by atoms with E-state index in [2.05, 4.69) is 16.2 Å². The smallest absolute Gasteiger partial charge is 0.242 e. The molecule has 96 valence electrons. The second-order valence-corrected chi connectivity index (χ2v) is 4.66. The van der Waals surface area contributed by atoms with Crippen molar-refractivity contribution in [2.75, 3.05) is 42.8 Å². The number of nitrogens with zero attached hydrogens (tertiary/aromatic N) is 3. The van der Waals surface area contributed by atoms with E-state index in [9.17, 15) is 0 Å². The minimum Gasteiger partial charge on any atom is -0.476 e. The van der Waals surface area contributed by atoms with Gasteiger partial charge < -0.3 is 15.4 Å². The first-order valence-corrected chi connectivity index (χ1v) is 7.03. The molecule has 0 atom stereocenters.